The molecular formula is C18H20FNO2. The van der Waals surface area contributed by atoms with Crippen molar-refractivity contribution >= 4 is 0 Å². The van der Waals surface area contributed by atoms with Crippen molar-refractivity contribution in [2.75, 3.05) is 6.54 Å². The number of nitrogens with zero attached hydrogens (tertiary/aromatic N) is 1. The topological polar surface area (TPSA) is 43.7 Å². The maximum absolute atomic E-state index is 13.0. The van der Waals surface area contributed by atoms with Crippen LogP contribution in [0.3, 0.4) is 0 Å². The van der Waals surface area contributed by atoms with Crippen LogP contribution in [0.2, 0.25) is 0 Å². The SMILES string of the molecule is Oc1ccccc1CN(CC(O)c1ccc(F)cc1)C1CC1. The van der Waals surface area contributed by atoms with Gasteiger partial charge in [-0.25, -0.2) is 4.39 Å². The number of benzene rings is 2. The van der Waals surface area contributed by atoms with E-state index in [1.807, 2.05) is 12.1 Å². The van der Waals surface area contributed by atoms with Gasteiger partial charge in [-0.15, -0.1) is 0 Å². The van der Waals surface area contributed by atoms with E-state index >= 15 is 0 Å². The fourth-order valence-corrected chi connectivity index (χ4v) is 2.66. The van der Waals surface area contributed by atoms with Crippen molar-refractivity contribution in [3.8, 4) is 5.75 Å². The van der Waals surface area contributed by atoms with Crippen molar-refractivity contribution in [2.24, 2.45) is 0 Å². The normalized spacial score (nSPS) is 16.0. The van der Waals surface area contributed by atoms with Gasteiger partial charge in [-0.3, -0.25) is 4.90 Å². The molecule has 0 radical (unpaired) electrons. The van der Waals surface area contributed by atoms with Gasteiger partial charge in [-0.1, -0.05) is 30.3 Å². The molecule has 1 fully saturated rings. The molecule has 0 aliphatic heterocycles. The van der Waals surface area contributed by atoms with Gasteiger partial charge in [0.25, 0.3) is 0 Å². The van der Waals surface area contributed by atoms with Crippen molar-refractivity contribution < 1.29 is 14.6 Å². The van der Waals surface area contributed by atoms with E-state index in [1.54, 1.807) is 24.3 Å². The first kappa shape index (κ1) is 15.0. The van der Waals surface area contributed by atoms with Crippen LogP contribution in [0.5, 0.6) is 5.75 Å². The molecule has 1 atom stereocenters. The van der Waals surface area contributed by atoms with E-state index < -0.39 is 6.10 Å². The standard InChI is InChI=1S/C18H20FNO2/c19-15-7-5-13(6-8-15)18(22)12-20(16-9-10-16)11-14-3-1-2-4-17(14)21/h1-8,16,18,21-22H,9-12H2. The third kappa shape index (κ3) is 3.64. The predicted molar refractivity (Wildman–Crippen MR) is 82.9 cm³/mol. The Labute approximate surface area is 129 Å². The minimum Gasteiger partial charge on any atom is -0.508 e. The van der Waals surface area contributed by atoms with Crippen LogP contribution >= 0.6 is 0 Å². The van der Waals surface area contributed by atoms with Crippen LogP contribution in [-0.4, -0.2) is 27.7 Å². The second-order valence-corrected chi connectivity index (χ2v) is 5.86. The zero-order valence-electron chi connectivity index (χ0n) is 12.3. The van der Waals surface area contributed by atoms with Crippen LogP contribution in [-0.2, 0) is 6.54 Å². The van der Waals surface area contributed by atoms with Gasteiger partial charge in [-0.2, -0.15) is 0 Å². The zero-order valence-corrected chi connectivity index (χ0v) is 12.3. The van der Waals surface area contributed by atoms with E-state index in [1.165, 1.54) is 12.1 Å². The van der Waals surface area contributed by atoms with Crippen LogP contribution in [0, 0.1) is 5.82 Å². The molecule has 1 aliphatic carbocycles. The lowest BCUT2D eigenvalue weighted by Gasteiger charge is -2.25. The molecule has 2 aromatic rings. The molecule has 0 heterocycles. The molecular weight excluding hydrogens is 281 g/mol. The van der Waals surface area contributed by atoms with Crippen LogP contribution in [0.1, 0.15) is 30.1 Å². The van der Waals surface area contributed by atoms with Crippen molar-refractivity contribution in [1.29, 1.82) is 0 Å². The number of hydrogen-bond acceptors (Lipinski definition) is 3. The lowest BCUT2D eigenvalue weighted by molar-refractivity contribution is 0.104. The number of aromatic hydroxyl groups is 1. The van der Waals surface area contributed by atoms with Gasteiger partial charge in [-0.05, 0) is 36.6 Å². The minimum absolute atomic E-state index is 0.282. The lowest BCUT2D eigenvalue weighted by atomic mass is 10.1. The van der Waals surface area contributed by atoms with E-state index in [0.717, 1.165) is 18.4 Å². The summed E-state index contributed by atoms with van der Waals surface area (Å²) in [4.78, 5) is 2.18. The molecule has 2 aromatic carbocycles. The molecule has 2 N–H and O–H groups in total. The molecule has 1 saturated carbocycles. The highest BCUT2D eigenvalue weighted by atomic mass is 19.1. The third-order valence-corrected chi connectivity index (χ3v) is 4.09. The average molecular weight is 301 g/mol. The Hall–Kier alpha value is -1.91. The Bertz CT molecular complexity index is 625. The first-order valence-electron chi connectivity index (χ1n) is 7.58. The quantitative estimate of drug-likeness (QED) is 0.861. The highest BCUT2D eigenvalue weighted by Crippen LogP contribution is 2.31. The Balaban J connectivity index is 1.69. The lowest BCUT2D eigenvalue weighted by Crippen LogP contribution is -2.30. The van der Waals surface area contributed by atoms with Gasteiger partial charge in [0.2, 0.25) is 0 Å². The van der Waals surface area contributed by atoms with Crippen molar-refractivity contribution in [1.82, 2.24) is 4.90 Å². The Morgan fingerprint density at radius 2 is 1.77 bits per heavy atom. The largest absolute Gasteiger partial charge is 0.508 e. The predicted octanol–water partition coefficient (Wildman–Crippen LogP) is 3.23. The van der Waals surface area contributed by atoms with Crippen molar-refractivity contribution in [3.05, 3.63) is 65.5 Å². The summed E-state index contributed by atoms with van der Waals surface area (Å²) >= 11 is 0. The number of hydrogen-bond donors (Lipinski definition) is 2. The molecule has 1 aliphatic rings. The van der Waals surface area contributed by atoms with E-state index in [-0.39, 0.29) is 11.6 Å². The highest BCUT2D eigenvalue weighted by Gasteiger charge is 2.30. The van der Waals surface area contributed by atoms with Crippen molar-refractivity contribution in [3.63, 3.8) is 0 Å². The molecule has 116 valence electrons. The summed E-state index contributed by atoms with van der Waals surface area (Å²) in [5.74, 6) is -0.0198. The molecule has 0 saturated heterocycles. The van der Waals surface area contributed by atoms with E-state index in [9.17, 15) is 14.6 Å². The summed E-state index contributed by atoms with van der Waals surface area (Å²) in [7, 11) is 0. The van der Waals surface area contributed by atoms with Crippen LogP contribution in [0.4, 0.5) is 4.39 Å². The number of phenols is 1. The number of halogens is 1. The summed E-state index contributed by atoms with van der Waals surface area (Å²) in [5.41, 5.74) is 1.57. The first-order chi connectivity index (χ1) is 10.6. The van der Waals surface area contributed by atoms with Gasteiger partial charge in [0.1, 0.15) is 11.6 Å². The number of rotatable bonds is 6. The first-order valence-corrected chi connectivity index (χ1v) is 7.58. The summed E-state index contributed by atoms with van der Waals surface area (Å²) in [5, 5.41) is 20.3. The number of aliphatic hydroxyl groups is 1. The number of aliphatic hydroxyl groups excluding tert-OH is 1. The maximum Gasteiger partial charge on any atom is 0.123 e. The van der Waals surface area contributed by atoms with Crippen LogP contribution < -0.4 is 0 Å². The summed E-state index contributed by atoms with van der Waals surface area (Å²) in [6.45, 7) is 1.08. The summed E-state index contributed by atoms with van der Waals surface area (Å²) < 4.78 is 13.0. The fourth-order valence-electron chi connectivity index (χ4n) is 2.66. The van der Waals surface area contributed by atoms with Gasteiger partial charge in [0.15, 0.2) is 0 Å². The summed E-state index contributed by atoms with van der Waals surface area (Å²) in [6.07, 6.45) is 1.57. The fraction of sp³-hybridized carbons (Fsp3) is 0.333. The molecule has 0 amide bonds. The van der Waals surface area contributed by atoms with E-state index in [2.05, 4.69) is 4.90 Å². The maximum atomic E-state index is 13.0. The molecule has 3 rings (SSSR count). The second-order valence-electron chi connectivity index (χ2n) is 5.86. The molecule has 1 unspecified atom stereocenters. The van der Waals surface area contributed by atoms with Gasteiger partial charge in [0.05, 0.1) is 6.10 Å². The smallest absolute Gasteiger partial charge is 0.123 e. The zero-order chi connectivity index (χ0) is 15.5. The molecule has 22 heavy (non-hydrogen) atoms. The number of para-hydroxylation sites is 1. The molecule has 4 heteroatoms. The Morgan fingerprint density at radius 1 is 1.09 bits per heavy atom. The Kier molecular flexibility index (Phi) is 4.41. The molecule has 0 spiro atoms. The number of phenolic OH excluding ortho intramolecular Hbond substituents is 1. The molecule has 3 nitrogen and oxygen atoms in total. The van der Waals surface area contributed by atoms with Crippen LogP contribution in [0.25, 0.3) is 0 Å². The second kappa shape index (κ2) is 6.46. The monoisotopic (exact) mass is 301 g/mol. The van der Waals surface area contributed by atoms with E-state index in [4.69, 9.17) is 0 Å². The summed E-state index contributed by atoms with van der Waals surface area (Å²) in [6, 6.07) is 13.7. The third-order valence-electron chi connectivity index (χ3n) is 4.09. The van der Waals surface area contributed by atoms with Crippen LogP contribution in [0.15, 0.2) is 48.5 Å². The molecule has 0 bridgehead atoms. The molecule has 0 aromatic heterocycles. The van der Waals surface area contributed by atoms with Crippen molar-refractivity contribution in [2.45, 2.75) is 31.5 Å². The average Bonchev–Trinajstić information content (AvgIpc) is 3.34. The van der Waals surface area contributed by atoms with Gasteiger partial charge < -0.3 is 10.2 Å². The highest BCUT2D eigenvalue weighted by molar-refractivity contribution is 5.31. The van der Waals surface area contributed by atoms with Gasteiger partial charge >= 0.3 is 0 Å². The van der Waals surface area contributed by atoms with Gasteiger partial charge in [0, 0.05) is 24.7 Å². The Morgan fingerprint density at radius 3 is 2.41 bits per heavy atom. The van der Waals surface area contributed by atoms with E-state index in [0.29, 0.717) is 24.7 Å². The minimum atomic E-state index is -0.660.